The highest BCUT2D eigenvalue weighted by atomic mass is 32.1. The van der Waals surface area contributed by atoms with Crippen LogP contribution in [0.5, 0.6) is 0 Å². The van der Waals surface area contributed by atoms with Crippen molar-refractivity contribution in [2.75, 3.05) is 13.6 Å². The maximum absolute atomic E-state index is 12.1. The fourth-order valence-corrected chi connectivity index (χ4v) is 2.57. The van der Waals surface area contributed by atoms with Crippen molar-refractivity contribution in [3.05, 3.63) is 29.2 Å². The summed E-state index contributed by atoms with van der Waals surface area (Å²) in [6.07, 6.45) is 2.43. The highest BCUT2D eigenvalue weighted by molar-refractivity contribution is 7.71. The topological polar surface area (TPSA) is 66.8 Å². The number of carbonyl (C=O) groups excluding carboxylic acids is 1. The molecule has 1 atom stereocenters. The van der Waals surface area contributed by atoms with Gasteiger partial charge in [0.2, 0.25) is 5.91 Å². The lowest BCUT2D eigenvalue weighted by molar-refractivity contribution is -0.129. The molecule has 1 amide bonds. The number of rotatable bonds is 2. The first-order chi connectivity index (χ1) is 9.18. The molecule has 1 saturated heterocycles. The van der Waals surface area contributed by atoms with Gasteiger partial charge in [-0.15, -0.1) is 0 Å². The van der Waals surface area contributed by atoms with Crippen molar-refractivity contribution in [1.29, 1.82) is 0 Å². The van der Waals surface area contributed by atoms with E-state index in [9.17, 15) is 4.79 Å². The molecule has 6 nitrogen and oxygen atoms in total. The van der Waals surface area contributed by atoms with E-state index in [0.29, 0.717) is 16.3 Å². The normalized spacial score (nSPS) is 19.1. The van der Waals surface area contributed by atoms with Gasteiger partial charge >= 0.3 is 0 Å². The minimum atomic E-state index is -0.284. The number of carbonyl (C=O) groups is 1. The maximum atomic E-state index is 12.1. The van der Waals surface area contributed by atoms with Crippen LogP contribution in [-0.2, 0) is 4.79 Å². The van der Waals surface area contributed by atoms with Crippen LogP contribution < -0.4 is 0 Å². The zero-order chi connectivity index (χ0) is 13.4. The van der Waals surface area contributed by atoms with Gasteiger partial charge < -0.3 is 4.90 Å². The number of likely N-dealkylation sites (tertiary alicyclic amines) is 1. The average molecular weight is 275 g/mol. The molecule has 0 bridgehead atoms. The van der Waals surface area contributed by atoms with Gasteiger partial charge in [0.05, 0.1) is 0 Å². The minimum Gasteiger partial charge on any atom is -0.344 e. The van der Waals surface area contributed by atoms with E-state index < -0.39 is 0 Å². The van der Waals surface area contributed by atoms with Crippen LogP contribution in [0, 0.1) is 4.77 Å². The Hall–Kier alpha value is -2.02. The maximum Gasteiger partial charge on any atom is 0.245 e. The number of nitrogens with one attached hydrogen (secondary N) is 1. The van der Waals surface area contributed by atoms with Crippen molar-refractivity contribution in [2.45, 2.75) is 12.5 Å². The van der Waals surface area contributed by atoms with Crippen LogP contribution in [0.4, 0.5) is 0 Å². The molecule has 0 aromatic carbocycles. The molecule has 1 unspecified atom stereocenters. The molecular weight excluding hydrogens is 262 g/mol. The first kappa shape index (κ1) is 12.0. The monoisotopic (exact) mass is 275 g/mol. The number of likely N-dealkylation sites (N-methyl/N-ethyl adjacent to an activating group) is 1. The molecule has 3 heterocycles. The Morgan fingerprint density at radius 2 is 2.32 bits per heavy atom. The van der Waals surface area contributed by atoms with Gasteiger partial charge in [-0.25, -0.2) is 0 Å². The molecule has 1 aliphatic heterocycles. The quantitative estimate of drug-likeness (QED) is 0.841. The van der Waals surface area contributed by atoms with Crippen LogP contribution in [0.25, 0.3) is 11.5 Å². The van der Waals surface area contributed by atoms with Crippen molar-refractivity contribution in [1.82, 2.24) is 24.6 Å². The summed E-state index contributed by atoms with van der Waals surface area (Å²) < 4.78 is 2.22. The summed E-state index contributed by atoms with van der Waals surface area (Å²) in [5.74, 6) is 0.675. The predicted molar refractivity (Wildman–Crippen MR) is 71.9 cm³/mol. The molecule has 7 heteroatoms. The van der Waals surface area contributed by atoms with Crippen LogP contribution in [0.3, 0.4) is 0 Å². The fourth-order valence-electron chi connectivity index (χ4n) is 2.31. The zero-order valence-corrected chi connectivity index (χ0v) is 11.2. The molecule has 2 aromatic heterocycles. The molecule has 0 aliphatic carbocycles. The van der Waals surface area contributed by atoms with Crippen molar-refractivity contribution in [3.63, 3.8) is 0 Å². The van der Waals surface area contributed by atoms with Gasteiger partial charge in [0.15, 0.2) is 10.6 Å². The average Bonchev–Trinajstić information content (AvgIpc) is 2.95. The number of aromatic nitrogens is 4. The molecule has 1 aliphatic rings. The third-order valence-corrected chi connectivity index (χ3v) is 3.60. The number of amides is 1. The van der Waals surface area contributed by atoms with E-state index in [-0.39, 0.29) is 11.9 Å². The van der Waals surface area contributed by atoms with Crippen molar-refractivity contribution >= 4 is 18.1 Å². The zero-order valence-electron chi connectivity index (χ0n) is 10.4. The molecule has 0 saturated carbocycles. The van der Waals surface area contributed by atoms with Gasteiger partial charge in [0.1, 0.15) is 11.7 Å². The summed E-state index contributed by atoms with van der Waals surface area (Å²) >= 11 is 5.25. The molecule has 3 rings (SSSR count). The van der Waals surface area contributed by atoms with Crippen LogP contribution in [-0.4, -0.2) is 44.1 Å². The molecule has 0 radical (unpaired) electrons. The lowest BCUT2D eigenvalue weighted by Gasteiger charge is -2.13. The fraction of sp³-hybridized carbons (Fsp3) is 0.333. The molecule has 0 spiro atoms. The number of nitrogens with zero attached hydrogens (tertiary/aromatic N) is 4. The summed E-state index contributed by atoms with van der Waals surface area (Å²) in [7, 11) is 1.80. The van der Waals surface area contributed by atoms with Gasteiger partial charge in [0, 0.05) is 19.8 Å². The summed E-state index contributed by atoms with van der Waals surface area (Å²) in [5, 5.41) is 6.96. The lowest BCUT2D eigenvalue weighted by atomic mass is 10.2. The Morgan fingerprint density at radius 1 is 1.47 bits per heavy atom. The van der Waals surface area contributed by atoms with Crippen LogP contribution >= 0.6 is 12.2 Å². The predicted octanol–water partition coefficient (Wildman–Crippen LogP) is 1.41. The second-order valence-electron chi connectivity index (χ2n) is 4.50. The molecule has 98 valence electrons. The second kappa shape index (κ2) is 4.58. The molecule has 2 aromatic rings. The first-order valence-electron chi connectivity index (χ1n) is 6.02. The lowest BCUT2D eigenvalue weighted by Crippen LogP contribution is -2.25. The van der Waals surface area contributed by atoms with E-state index in [2.05, 4.69) is 15.2 Å². The number of aromatic amines is 1. The molecule has 19 heavy (non-hydrogen) atoms. The standard InChI is InChI=1S/C12H13N5OS/c1-16-7-5-9(11(16)18)17-10(14-15-12(17)19)8-4-2-3-6-13-8/h2-4,6,9H,5,7H2,1H3,(H,15,19). The van der Waals surface area contributed by atoms with Crippen molar-refractivity contribution < 1.29 is 4.79 Å². The Morgan fingerprint density at radius 3 is 2.95 bits per heavy atom. The summed E-state index contributed by atoms with van der Waals surface area (Å²) in [6.45, 7) is 0.734. The SMILES string of the molecule is CN1CCC(n2c(-c3ccccn3)n[nH]c2=S)C1=O. The Bertz CT molecular complexity index is 662. The largest absolute Gasteiger partial charge is 0.344 e. The second-order valence-corrected chi connectivity index (χ2v) is 4.89. The van der Waals surface area contributed by atoms with Gasteiger partial charge in [-0.2, -0.15) is 5.10 Å². The third-order valence-electron chi connectivity index (χ3n) is 3.31. The molecule has 1 N–H and O–H groups in total. The van der Waals surface area contributed by atoms with Crippen LogP contribution in [0.15, 0.2) is 24.4 Å². The van der Waals surface area contributed by atoms with Crippen LogP contribution in [0.2, 0.25) is 0 Å². The number of H-pyrrole nitrogens is 1. The number of hydrogen-bond donors (Lipinski definition) is 1. The van der Waals surface area contributed by atoms with E-state index >= 15 is 0 Å². The number of pyridine rings is 1. The minimum absolute atomic E-state index is 0.0645. The first-order valence-corrected chi connectivity index (χ1v) is 6.42. The van der Waals surface area contributed by atoms with Crippen molar-refractivity contribution in [3.8, 4) is 11.5 Å². The van der Waals surface area contributed by atoms with Gasteiger partial charge in [0.25, 0.3) is 0 Å². The van der Waals surface area contributed by atoms with E-state index in [0.717, 1.165) is 13.0 Å². The van der Waals surface area contributed by atoms with Gasteiger partial charge in [-0.1, -0.05) is 6.07 Å². The third kappa shape index (κ3) is 1.95. The molecular formula is C12H13N5OS. The Labute approximate surface area is 115 Å². The van der Waals surface area contributed by atoms with Gasteiger partial charge in [-0.3, -0.25) is 19.4 Å². The molecule has 1 fully saturated rings. The Balaban J connectivity index is 2.10. The van der Waals surface area contributed by atoms with E-state index in [4.69, 9.17) is 12.2 Å². The van der Waals surface area contributed by atoms with E-state index in [1.54, 1.807) is 22.7 Å². The van der Waals surface area contributed by atoms with Gasteiger partial charge in [-0.05, 0) is 30.8 Å². The van der Waals surface area contributed by atoms with E-state index in [1.807, 2.05) is 18.2 Å². The highest BCUT2D eigenvalue weighted by Gasteiger charge is 2.33. The van der Waals surface area contributed by atoms with Crippen molar-refractivity contribution in [2.24, 2.45) is 0 Å². The smallest absolute Gasteiger partial charge is 0.245 e. The van der Waals surface area contributed by atoms with E-state index in [1.165, 1.54) is 0 Å². The highest BCUT2D eigenvalue weighted by Crippen LogP contribution is 2.26. The number of hydrogen-bond acceptors (Lipinski definition) is 4. The summed E-state index contributed by atoms with van der Waals surface area (Å²) in [6, 6.07) is 5.29. The van der Waals surface area contributed by atoms with Crippen LogP contribution in [0.1, 0.15) is 12.5 Å². The summed E-state index contributed by atoms with van der Waals surface area (Å²) in [4.78, 5) is 18.1. The Kier molecular flexibility index (Phi) is 2.90. The summed E-state index contributed by atoms with van der Waals surface area (Å²) in [5.41, 5.74) is 0.706.